The van der Waals surface area contributed by atoms with Crippen LogP contribution in [0.25, 0.3) is 0 Å². The summed E-state index contributed by atoms with van der Waals surface area (Å²) in [5.74, 6) is 1.07. The van der Waals surface area contributed by atoms with Crippen molar-refractivity contribution in [3.8, 4) is 0 Å². The van der Waals surface area contributed by atoms with Gasteiger partial charge in [0.15, 0.2) is 0 Å². The number of rotatable bonds is 3. The van der Waals surface area contributed by atoms with Gasteiger partial charge in [-0.1, -0.05) is 25.4 Å². The second-order valence-electron chi connectivity index (χ2n) is 5.94. The molecule has 0 aromatic heterocycles. The van der Waals surface area contributed by atoms with Crippen LogP contribution in [0.5, 0.6) is 0 Å². The van der Waals surface area contributed by atoms with Gasteiger partial charge in [-0.25, -0.2) is 4.79 Å². The van der Waals surface area contributed by atoms with Gasteiger partial charge in [-0.3, -0.25) is 0 Å². The standard InChI is InChI=1S/C16H22ClNO2/c1-10-6-11(2)8-13(7-10)18-15-5-4-12(17)9-14(15)16(19)20-3/h4-5,9-11,13,18H,6-8H2,1-3H3. The van der Waals surface area contributed by atoms with Crippen LogP contribution in [-0.4, -0.2) is 19.1 Å². The number of esters is 1. The monoisotopic (exact) mass is 295 g/mol. The summed E-state index contributed by atoms with van der Waals surface area (Å²) >= 11 is 5.97. The van der Waals surface area contributed by atoms with Crippen LogP contribution < -0.4 is 5.32 Å². The van der Waals surface area contributed by atoms with Gasteiger partial charge >= 0.3 is 5.97 Å². The van der Waals surface area contributed by atoms with E-state index in [0.29, 0.717) is 28.5 Å². The molecular weight excluding hydrogens is 274 g/mol. The molecule has 1 N–H and O–H groups in total. The molecule has 0 radical (unpaired) electrons. The molecular formula is C16H22ClNO2. The quantitative estimate of drug-likeness (QED) is 0.842. The van der Waals surface area contributed by atoms with E-state index in [2.05, 4.69) is 19.2 Å². The summed E-state index contributed by atoms with van der Waals surface area (Å²) in [7, 11) is 1.39. The van der Waals surface area contributed by atoms with Crippen molar-refractivity contribution in [1.82, 2.24) is 0 Å². The van der Waals surface area contributed by atoms with Gasteiger partial charge in [-0.15, -0.1) is 0 Å². The first-order valence-electron chi connectivity index (χ1n) is 7.14. The summed E-state index contributed by atoms with van der Waals surface area (Å²) in [4.78, 5) is 11.8. The van der Waals surface area contributed by atoms with Gasteiger partial charge < -0.3 is 10.1 Å². The van der Waals surface area contributed by atoms with Crippen molar-refractivity contribution in [2.45, 2.75) is 39.2 Å². The van der Waals surface area contributed by atoms with Crippen LogP contribution in [0.3, 0.4) is 0 Å². The Morgan fingerprint density at radius 2 is 1.90 bits per heavy atom. The van der Waals surface area contributed by atoms with Gasteiger partial charge in [0.25, 0.3) is 0 Å². The maximum absolute atomic E-state index is 11.8. The van der Waals surface area contributed by atoms with Crippen LogP contribution in [0.1, 0.15) is 43.5 Å². The van der Waals surface area contributed by atoms with Crippen molar-refractivity contribution < 1.29 is 9.53 Å². The number of anilines is 1. The molecule has 2 atom stereocenters. The highest BCUT2D eigenvalue weighted by Gasteiger charge is 2.25. The normalized spacial score (nSPS) is 26.1. The molecule has 2 rings (SSSR count). The SMILES string of the molecule is COC(=O)c1cc(Cl)ccc1NC1CC(C)CC(C)C1. The average Bonchev–Trinajstić information content (AvgIpc) is 2.38. The van der Waals surface area contributed by atoms with Crippen molar-refractivity contribution in [2.24, 2.45) is 11.8 Å². The zero-order valence-corrected chi connectivity index (χ0v) is 13.0. The lowest BCUT2D eigenvalue weighted by atomic mass is 9.80. The number of nitrogens with one attached hydrogen (secondary N) is 1. The lowest BCUT2D eigenvalue weighted by Crippen LogP contribution is -2.30. The Balaban J connectivity index is 2.18. The van der Waals surface area contributed by atoms with Gasteiger partial charge in [0, 0.05) is 16.8 Å². The molecule has 20 heavy (non-hydrogen) atoms. The molecule has 0 amide bonds. The van der Waals surface area contributed by atoms with Crippen molar-refractivity contribution in [3.63, 3.8) is 0 Å². The van der Waals surface area contributed by atoms with Crippen LogP contribution in [0.4, 0.5) is 5.69 Å². The number of carbonyl (C=O) groups is 1. The second-order valence-corrected chi connectivity index (χ2v) is 6.38. The van der Waals surface area contributed by atoms with Crippen LogP contribution in [0.15, 0.2) is 18.2 Å². The molecule has 1 aliphatic carbocycles. The van der Waals surface area contributed by atoms with Crippen molar-refractivity contribution in [3.05, 3.63) is 28.8 Å². The molecule has 1 fully saturated rings. The van der Waals surface area contributed by atoms with E-state index >= 15 is 0 Å². The molecule has 110 valence electrons. The Kier molecular flexibility index (Phi) is 4.92. The van der Waals surface area contributed by atoms with E-state index in [0.717, 1.165) is 18.5 Å². The number of ether oxygens (including phenoxy) is 1. The summed E-state index contributed by atoms with van der Waals surface area (Å²) in [6.45, 7) is 4.57. The third-order valence-corrected chi connectivity index (χ3v) is 4.16. The number of hydrogen-bond donors (Lipinski definition) is 1. The van der Waals surface area contributed by atoms with E-state index in [1.807, 2.05) is 6.07 Å². The lowest BCUT2D eigenvalue weighted by Gasteiger charge is -2.33. The highest BCUT2D eigenvalue weighted by atomic mass is 35.5. The van der Waals surface area contributed by atoms with Crippen LogP contribution in [0, 0.1) is 11.8 Å². The molecule has 1 aromatic rings. The fourth-order valence-corrected chi connectivity index (χ4v) is 3.38. The number of halogens is 1. The molecule has 1 saturated carbocycles. The van der Waals surface area contributed by atoms with Gasteiger partial charge in [0.2, 0.25) is 0 Å². The van der Waals surface area contributed by atoms with E-state index in [1.54, 1.807) is 12.1 Å². The first-order chi connectivity index (χ1) is 9.49. The fraction of sp³-hybridized carbons (Fsp3) is 0.562. The molecule has 1 aromatic carbocycles. The molecule has 0 bridgehead atoms. The minimum absolute atomic E-state index is 0.355. The van der Waals surface area contributed by atoms with Crippen molar-refractivity contribution in [2.75, 3.05) is 12.4 Å². The summed E-state index contributed by atoms with van der Waals surface area (Å²) in [5.41, 5.74) is 1.32. The molecule has 4 heteroatoms. The van der Waals surface area contributed by atoms with Crippen LogP contribution in [-0.2, 0) is 4.74 Å². The van der Waals surface area contributed by atoms with E-state index in [4.69, 9.17) is 16.3 Å². The van der Waals surface area contributed by atoms with Crippen molar-refractivity contribution in [1.29, 1.82) is 0 Å². The highest BCUT2D eigenvalue weighted by Crippen LogP contribution is 2.31. The molecule has 2 unspecified atom stereocenters. The maximum atomic E-state index is 11.8. The van der Waals surface area contributed by atoms with Crippen molar-refractivity contribution >= 4 is 23.3 Å². The van der Waals surface area contributed by atoms with Gasteiger partial charge in [0.05, 0.1) is 12.7 Å². The summed E-state index contributed by atoms with van der Waals surface area (Å²) in [6.07, 6.45) is 3.55. The Hall–Kier alpha value is -1.22. The summed E-state index contributed by atoms with van der Waals surface area (Å²) in [5, 5.41) is 4.04. The first kappa shape index (κ1) is 15.2. The number of carbonyl (C=O) groups excluding carboxylic acids is 1. The smallest absolute Gasteiger partial charge is 0.340 e. The van der Waals surface area contributed by atoms with E-state index in [9.17, 15) is 4.79 Å². The predicted octanol–water partition coefficient (Wildman–Crippen LogP) is 4.36. The average molecular weight is 296 g/mol. The third-order valence-electron chi connectivity index (χ3n) is 3.93. The molecule has 3 nitrogen and oxygen atoms in total. The topological polar surface area (TPSA) is 38.3 Å². The zero-order valence-electron chi connectivity index (χ0n) is 12.3. The van der Waals surface area contributed by atoms with E-state index < -0.39 is 0 Å². The fourth-order valence-electron chi connectivity index (χ4n) is 3.21. The Morgan fingerprint density at radius 1 is 1.25 bits per heavy atom. The first-order valence-corrected chi connectivity index (χ1v) is 7.51. The van der Waals surface area contributed by atoms with Gasteiger partial charge in [-0.05, 0) is 49.3 Å². The maximum Gasteiger partial charge on any atom is 0.340 e. The largest absolute Gasteiger partial charge is 0.465 e. The molecule has 0 aliphatic heterocycles. The van der Waals surface area contributed by atoms with Crippen LogP contribution in [0.2, 0.25) is 5.02 Å². The summed E-state index contributed by atoms with van der Waals surface area (Å²) < 4.78 is 4.83. The van der Waals surface area contributed by atoms with Crippen LogP contribution >= 0.6 is 11.6 Å². The molecule has 0 saturated heterocycles. The summed E-state index contributed by atoms with van der Waals surface area (Å²) in [6, 6.07) is 5.72. The second kappa shape index (κ2) is 6.49. The highest BCUT2D eigenvalue weighted by molar-refractivity contribution is 6.31. The van der Waals surface area contributed by atoms with E-state index in [-0.39, 0.29) is 5.97 Å². The van der Waals surface area contributed by atoms with E-state index in [1.165, 1.54) is 13.5 Å². The zero-order chi connectivity index (χ0) is 14.7. The third kappa shape index (κ3) is 3.66. The van der Waals surface area contributed by atoms with Gasteiger partial charge in [0.1, 0.15) is 0 Å². The number of methoxy groups -OCH3 is 1. The van der Waals surface area contributed by atoms with Gasteiger partial charge in [-0.2, -0.15) is 0 Å². The molecule has 1 aliphatic rings. The Bertz CT molecular complexity index is 479. The minimum atomic E-state index is -0.355. The molecule has 0 heterocycles. The minimum Gasteiger partial charge on any atom is -0.465 e. The Labute approximate surface area is 125 Å². The molecule has 0 spiro atoms. The Morgan fingerprint density at radius 3 is 2.50 bits per heavy atom. The number of benzene rings is 1. The predicted molar refractivity (Wildman–Crippen MR) is 82.4 cm³/mol. The lowest BCUT2D eigenvalue weighted by molar-refractivity contribution is 0.0601. The number of hydrogen-bond acceptors (Lipinski definition) is 3.